The van der Waals surface area contributed by atoms with E-state index in [2.05, 4.69) is 15.4 Å². The molecule has 0 saturated carbocycles. The summed E-state index contributed by atoms with van der Waals surface area (Å²) in [6, 6.07) is 6.00. The van der Waals surface area contributed by atoms with Gasteiger partial charge in [0.1, 0.15) is 11.4 Å². The molecule has 0 aliphatic carbocycles. The highest BCUT2D eigenvalue weighted by molar-refractivity contribution is 5.99. The number of rotatable bonds is 4. The molecule has 0 spiro atoms. The number of aryl methyl sites for hydroxylation is 2. The van der Waals surface area contributed by atoms with Crippen LogP contribution in [-0.4, -0.2) is 33.1 Å². The van der Waals surface area contributed by atoms with Gasteiger partial charge in [0, 0.05) is 18.1 Å². The first-order valence-corrected chi connectivity index (χ1v) is 7.49. The zero-order valence-electron chi connectivity index (χ0n) is 13.6. The van der Waals surface area contributed by atoms with Gasteiger partial charge in [-0.15, -0.1) is 0 Å². The third kappa shape index (κ3) is 3.47. The molecule has 1 amide bonds. The summed E-state index contributed by atoms with van der Waals surface area (Å²) in [5.41, 5.74) is 1.77. The van der Waals surface area contributed by atoms with E-state index in [9.17, 15) is 14.0 Å². The third-order valence-electron chi connectivity index (χ3n) is 3.56. The van der Waals surface area contributed by atoms with Gasteiger partial charge < -0.3 is 10.1 Å². The van der Waals surface area contributed by atoms with E-state index < -0.39 is 24.3 Å². The van der Waals surface area contributed by atoms with E-state index in [1.54, 1.807) is 38.2 Å². The minimum Gasteiger partial charge on any atom is -0.452 e. The summed E-state index contributed by atoms with van der Waals surface area (Å²) in [5, 5.41) is 6.63. The largest absolute Gasteiger partial charge is 0.452 e. The van der Waals surface area contributed by atoms with E-state index in [1.165, 1.54) is 16.8 Å². The van der Waals surface area contributed by atoms with Crippen LogP contribution in [0.5, 0.6) is 0 Å². The minimum atomic E-state index is -0.698. The fourth-order valence-electron chi connectivity index (χ4n) is 2.31. The van der Waals surface area contributed by atoms with E-state index in [4.69, 9.17) is 4.74 Å². The van der Waals surface area contributed by atoms with Crippen LogP contribution in [0.3, 0.4) is 0 Å². The number of amides is 1. The second-order valence-electron chi connectivity index (χ2n) is 5.44. The first-order chi connectivity index (χ1) is 12.0. The lowest BCUT2D eigenvalue weighted by Gasteiger charge is -2.07. The summed E-state index contributed by atoms with van der Waals surface area (Å²) in [4.78, 5) is 28.2. The maximum Gasteiger partial charge on any atom is 0.344 e. The topological polar surface area (TPSA) is 85.6 Å². The number of esters is 1. The van der Waals surface area contributed by atoms with Crippen LogP contribution in [0.2, 0.25) is 0 Å². The van der Waals surface area contributed by atoms with E-state index >= 15 is 0 Å². The number of fused-ring (bicyclic) bond motifs is 1. The number of anilines is 1. The average Bonchev–Trinajstić information content (AvgIpc) is 2.92. The molecule has 7 nitrogen and oxygen atoms in total. The molecule has 3 rings (SSSR count). The van der Waals surface area contributed by atoms with Gasteiger partial charge in [-0.2, -0.15) is 5.10 Å². The Morgan fingerprint density at radius 1 is 1.32 bits per heavy atom. The van der Waals surface area contributed by atoms with Gasteiger partial charge in [0.15, 0.2) is 12.3 Å². The first-order valence-electron chi connectivity index (χ1n) is 7.49. The van der Waals surface area contributed by atoms with Crippen LogP contribution in [-0.2, 0) is 9.53 Å². The summed E-state index contributed by atoms with van der Waals surface area (Å²) in [6.45, 7) is 2.77. The number of hydrogen-bond donors (Lipinski definition) is 1. The third-order valence-corrected chi connectivity index (χ3v) is 3.56. The Morgan fingerprint density at radius 2 is 2.12 bits per heavy atom. The SMILES string of the molecule is Cc1ccc(NC(=O)COC(=O)c2c(C)nn3cccnc23)cc1F. The van der Waals surface area contributed by atoms with Gasteiger partial charge in [0.25, 0.3) is 5.91 Å². The molecule has 8 heteroatoms. The van der Waals surface area contributed by atoms with Crippen molar-refractivity contribution in [1.29, 1.82) is 0 Å². The first kappa shape index (κ1) is 16.6. The predicted octanol–water partition coefficient (Wildman–Crippen LogP) is 2.28. The fourth-order valence-corrected chi connectivity index (χ4v) is 2.31. The molecule has 2 heterocycles. The number of benzene rings is 1. The molecule has 128 valence electrons. The summed E-state index contributed by atoms with van der Waals surface area (Å²) in [7, 11) is 0. The average molecular weight is 342 g/mol. The molecule has 3 aromatic rings. The number of nitrogens with zero attached hydrogens (tertiary/aromatic N) is 3. The number of carbonyl (C=O) groups excluding carboxylic acids is 2. The van der Waals surface area contributed by atoms with E-state index in [0.29, 0.717) is 16.9 Å². The molecule has 0 bridgehead atoms. The van der Waals surface area contributed by atoms with Crippen LogP contribution in [0.15, 0.2) is 36.7 Å². The van der Waals surface area contributed by atoms with Crippen molar-refractivity contribution in [2.75, 3.05) is 11.9 Å². The van der Waals surface area contributed by atoms with Crippen LogP contribution in [0.4, 0.5) is 10.1 Å². The monoisotopic (exact) mass is 342 g/mol. The quantitative estimate of drug-likeness (QED) is 0.735. The zero-order chi connectivity index (χ0) is 18.0. The van der Waals surface area contributed by atoms with Gasteiger partial charge in [0.2, 0.25) is 0 Å². The molecule has 0 atom stereocenters. The van der Waals surface area contributed by atoms with Crippen LogP contribution in [0, 0.1) is 19.7 Å². The van der Waals surface area contributed by atoms with E-state index in [0.717, 1.165) is 0 Å². The number of ether oxygens (including phenoxy) is 1. The Kier molecular flexibility index (Phi) is 4.42. The van der Waals surface area contributed by atoms with Gasteiger partial charge in [-0.1, -0.05) is 6.07 Å². The molecule has 0 radical (unpaired) electrons. The van der Waals surface area contributed by atoms with Gasteiger partial charge in [0.05, 0.1) is 5.69 Å². The smallest absolute Gasteiger partial charge is 0.344 e. The van der Waals surface area contributed by atoms with Crippen LogP contribution < -0.4 is 5.32 Å². The van der Waals surface area contributed by atoms with E-state index in [1.807, 2.05) is 0 Å². The Bertz CT molecular complexity index is 968. The molecule has 0 aliphatic rings. The van der Waals surface area contributed by atoms with Gasteiger partial charge in [-0.3, -0.25) is 4.79 Å². The molecule has 1 N–H and O–H groups in total. The zero-order valence-corrected chi connectivity index (χ0v) is 13.6. The molecule has 25 heavy (non-hydrogen) atoms. The molecular weight excluding hydrogens is 327 g/mol. The molecule has 0 saturated heterocycles. The van der Waals surface area contributed by atoms with Crippen LogP contribution in [0.1, 0.15) is 21.6 Å². The van der Waals surface area contributed by atoms with Crippen molar-refractivity contribution in [3.63, 3.8) is 0 Å². The lowest BCUT2D eigenvalue weighted by molar-refractivity contribution is -0.119. The van der Waals surface area contributed by atoms with Crippen molar-refractivity contribution in [3.8, 4) is 0 Å². The van der Waals surface area contributed by atoms with Crippen molar-refractivity contribution in [2.24, 2.45) is 0 Å². The Balaban J connectivity index is 1.66. The molecule has 0 unspecified atom stereocenters. The number of nitrogens with one attached hydrogen (secondary N) is 1. The lowest BCUT2D eigenvalue weighted by atomic mass is 10.2. The Morgan fingerprint density at radius 3 is 2.88 bits per heavy atom. The van der Waals surface area contributed by atoms with Crippen molar-refractivity contribution >= 4 is 23.2 Å². The Labute approximate surface area is 142 Å². The highest BCUT2D eigenvalue weighted by Crippen LogP contribution is 2.15. The second kappa shape index (κ2) is 6.68. The van der Waals surface area contributed by atoms with Crippen molar-refractivity contribution < 1.29 is 18.7 Å². The number of aromatic nitrogens is 3. The summed E-state index contributed by atoms with van der Waals surface area (Å²) in [5.74, 6) is -1.70. The highest BCUT2D eigenvalue weighted by atomic mass is 19.1. The Hall–Kier alpha value is -3.29. The van der Waals surface area contributed by atoms with Gasteiger partial charge in [-0.05, 0) is 37.6 Å². The van der Waals surface area contributed by atoms with Crippen molar-refractivity contribution in [3.05, 3.63) is 59.3 Å². The lowest BCUT2D eigenvalue weighted by Crippen LogP contribution is -2.21. The maximum atomic E-state index is 13.5. The summed E-state index contributed by atoms with van der Waals surface area (Å²) < 4.78 is 20.0. The van der Waals surface area contributed by atoms with Gasteiger partial charge in [-0.25, -0.2) is 18.7 Å². The molecule has 0 aliphatic heterocycles. The number of halogens is 1. The fraction of sp³-hybridized carbons (Fsp3) is 0.176. The molecule has 1 aromatic carbocycles. The number of carbonyl (C=O) groups is 2. The molecular formula is C17H15FN4O3. The maximum absolute atomic E-state index is 13.5. The van der Waals surface area contributed by atoms with Crippen LogP contribution >= 0.6 is 0 Å². The van der Waals surface area contributed by atoms with Crippen molar-refractivity contribution in [2.45, 2.75) is 13.8 Å². The summed E-state index contributed by atoms with van der Waals surface area (Å²) >= 11 is 0. The van der Waals surface area contributed by atoms with Gasteiger partial charge >= 0.3 is 5.97 Å². The minimum absolute atomic E-state index is 0.204. The van der Waals surface area contributed by atoms with E-state index in [-0.39, 0.29) is 11.3 Å². The number of hydrogen-bond acceptors (Lipinski definition) is 5. The van der Waals surface area contributed by atoms with Crippen LogP contribution in [0.25, 0.3) is 5.65 Å². The predicted molar refractivity (Wildman–Crippen MR) is 87.8 cm³/mol. The second-order valence-corrected chi connectivity index (χ2v) is 5.44. The summed E-state index contributed by atoms with van der Waals surface area (Å²) in [6.07, 6.45) is 3.19. The molecule has 2 aromatic heterocycles. The molecule has 0 fully saturated rings. The highest BCUT2D eigenvalue weighted by Gasteiger charge is 2.20. The standard InChI is InChI=1S/C17H15FN4O3/c1-10-4-5-12(8-13(10)18)20-14(23)9-25-17(24)15-11(2)21-22-7-3-6-19-16(15)22/h3-8H,9H2,1-2H3,(H,20,23). The normalized spacial score (nSPS) is 10.7. The van der Waals surface area contributed by atoms with Crippen molar-refractivity contribution in [1.82, 2.24) is 14.6 Å².